The summed E-state index contributed by atoms with van der Waals surface area (Å²) in [4.78, 5) is 1.33. The zero-order chi connectivity index (χ0) is 11.1. The van der Waals surface area contributed by atoms with Gasteiger partial charge in [-0.1, -0.05) is 25.5 Å². The lowest BCUT2D eigenvalue weighted by Crippen LogP contribution is -2.27. The van der Waals surface area contributed by atoms with Gasteiger partial charge in [0.2, 0.25) is 0 Å². The van der Waals surface area contributed by atoms with E-state index in [0.717, 1.165) is 5.75 Å². The molecule has 0 saturated heterocycles. The number of nitrogens with one attached hydrogen (secondary N) is 1. The fourth-order valence-electron chi connectivity index (χ4n) is 1.41. The van der Waals surface area contributed by atoms with Gasteiger partial charge < -0.3 is 5.32 Å². The monoisotopic (exact) mass is 287 g/mol. The maximum atomic E-state index is 3.57. The molecule has 1 atom stereocenters. The van der Waals surface area contributed by atoms with E-state index >= 15 is 0 Å². The molecular formula is C12H18BrNS. The Morgan fingerprint density at radius 1 is 1.40 bits per heavy atom. The average molecular weight is 288 g/mol. The molecule has 1 nitrogen and oxygen atoms in total. The van der Waals surface area contributed by atoms with Gasteiger partial charge in [0.1, 0.15) is 0 Å². The molecule has 0 aliphatic rings. The predicted octanol–water partition coefficient (Wildman–Crippen LogP) is 3.93. The van der Waals surface area contributed by atoms with Crippen LogP contribution in [0.3, 0.4) is 0 Å². The lowest BCUT2D eigenvalue weighted by atomic mass is 10.2. The molecule has 0 aliphatic carbocycles. The molecule has 1 rings (SSSR count). The number of hydrogen-bond acceptors (Lipinski definition) is 2. The normalized spacial score (nSPS) is 12.7. The zero-order valence-corrected chi connectivity index (χ0v) is 11.7. The number of rotatable bonds is 6. The van der Waals surface area contributed by atoms with Crippen LogP contribution in [0.25, 0.3) is 0 Å². The molecule has 1 aromatic carbocycles. The second-order valence-corrected chi connectivity index (χ2v) is 5.43. The van der Waals surface area contributed by atoms with E-state index in [1.807, 2.05) is 18.8 Å². The van der Waals surface area contributed by atoms with Crippen LogP contribution in [0.4, 0.5) is 0 Å². The summed E-state index contributed by atoms with van der Waals surface area (Å²) in [7, 11) is 2.04. The molecule has 0 radical (unpaired) electrons. The van der Waals surface area contributed by atoms with E-state index in [-0.39, 0.29) is 0 Å². The molecular weight excluding hydrogens is 270 g/mol. The molecule has 0 heterocycles. The zero-order valence-electron chi connectivity index (χ0n) is 9.29. The third-order valence-corrected chi connectivity index (χ3v) is 4.51. The van der Waals surface area contributed by atoms with Crippen LogP contribution in [-0.2, 0) is 0 Å². The van der Waals surface area contributed by atoms with Crippen LogP contribution < -0.4 is 5.32 Å². The Bertz CT molecular complexity index is 291. The Hall–Kier alpha value is 0.01000. The Morgan fingerprint density at radius 2 is 2.13 bits per heavy atom. The van der Waals surface area contributed by atoms with Gasteiger partial charge in [0.15, 0.2) is 0 Å². The molecule has 0 amide bonds. The first-order valence-electron chi connectivity index (χ1n) is 5.32. The Balaban J connectivity index is 2.45. The highest BCUT2D eigenvalue weighted by molar-refractivity contribution is 9.10. The summed E-state index contributed by atoms with van der Waals surface area (Å²) < 4.78 is 1.20. The first-order chi connectivity index (χ1) is 7.27. The molecule has 0 fully saturated rings. The number of hydrogen-bond donors (Lipinski definition) is 1. The van der Waals surface area contributed by atoms with Crippen LogP contribution in [0, 0.1) is 0 Å². The summed E-state index contributed by atoms with van der Waals surface area (Å²) >= 11 is 5.48. The average Bonchev–Trinajstić information content (AvgIpc) is 2.26. The van der Waals surface area contributed by atoms with Gasteiger partial charge in [-0.05, 0) is 41.5 Å². The largest absolute Gasteiger partial charge is 0.316 e. The highest BCUT2D eigenvalue weighted by Crippen LogP contribution is 2.27. The fraction of sp³-hybridized carbons (Fsp3) is 0.500. The summed E-state index contributed by atoms with van der Waals surface area (Å²) in [5.41, 5.74) is 0. The predicted molar refractivity (Wildman–Crippen MR) is 72.6 cm³/mol. The molecule has 1 N–H and O–H groups in total. The first-order valence-corrected chi connectivity index (χ1v) is 7.10. The van der Waals surface area contributed by atoms with Crippen molar-refractivity contribution in [2.24, 2.45) is 0 Å². The van der Waals surface area contributed by atoms with Crippen molar-refractivity contribution in [3.05, 3.63) is 28.7 Å². The van der Waals surface area contributed by atoms with Gasteiger partial charge in [0.25, 0.3) is 0 Å². The van der Waals surface area contributed by atoms with Crippen molar-refractivity contribution in [1.29, 1.82) is 0 Å². The van der Waals surface area contributed by atoms with Gasteiger partial charge in [0.05, 0.1) is 0 Å². The fourth-order valence-corrected chi connectivity index (χ4v) is 3.13. The topological polar surface area (TPSA) is 12.0 Å². The summed E-state index contributed by atoms with van der Waals surface area (Å²) in [5, 5.41) is 3.36. The van der Waals surface area contributed by atoms with Gasteiger partial charge in [-0.3, -0.25) is 0 Å². The molecule has 15 heavy (non-hydrogen) atoms. The molecule has 3 heteroatoms. The van der Waals surface area contributed by atoms with E-state index < -0.39 is 0 Å². The Morgan fingerprint density at radius 3 is 2.73 bits per heavy atom. The van der Waals surface area contributed by atoms with Crippen molar-refractivity contribution in [2.45, 2.75) is 30.7 Å². The molecule has 0 aliphatic heterocycles. The summed E-state index contributed by atoms with van der Waals surface area (Å²) in [5.74, 6) is 1.13. The van der Waals surface area contributed by atoms with E-state index in [0.29, 0.717) is 6.04 Å². The first kappa shape index (κ1) is 13.1. The third kappa shape index (κ3) is 4.58. The van der Waals surface area contributed by atoms with E-state index in [2.05, 4.69) is 52.4 Å². The van der Waals surface area contributed by atoms with Gasteiger partial charge in [-0.25, -0.2) is 0 Å². The van der Waals surface area contributed by atoms with Crippen molar-refractivity contribution < 1.29 is 0 Å². The maximum absolute atomic E-state index is 3.57. The highest BCUT2D eigenvalue weighted by Gasteiger charge is 2.06. The molecule has 1 aromatic rings. The minimum atomic E-state index is 0.618. The van der Waals surface area contributed by atoms with Gasteiger partial charge in [-0.15, -0.1) is 11.8 Å². The number of halogens is 1. The lowest BCUT2D eigenvalue weighted by molar-refractivity contribution is 0.564. The Kier molecular flexibility index (Phi) is 6.37. The van der Waals surface area contributed by atoms with E-state index in [1.165, 1.54) is 22.2 Å². The van der Waals surface area contributed by atoms with Crippen LogP contribution in [0.2, 0.25) is 0 Å². The van der Waals surface area contributed by atoms with Crippen LogP contribution in [0.15, 0.2) is 33.6 Å². The van der Waals surface area contributed by atoms with E-state index in [9.17, 15) is 0 Å². The molecule has 84 valence electrons. The maximum Gasteiger partial charge on any atom is 0.0311 e. The summed E-state index contributed by atoms with van der Waals surface area (Å²) in [6.07, 6.45) is 2.48. The molecule has 1 unspecified atom stereocenters. The van der Waals surface area contributed by atoms with E-state index in [1.54, 1.807) is 0 Å². The summed E-state index contributed by atoms with van der Waals surface area (Å²) in [6.45, 7) is 2.23. The number of thioether (sulfide) groups is 1. The minimum absolute atomic E-state index is 0.618. The van der Waals surface area contributed by atoms with Crippen LogP contribution in [-0.4, -0.2) is 18.8 Å². The smallest absolute Gasteiger partial charge is 0.0311 e. The highest BCUT2D eigenvalue weighted by atomic mass is 79.9. The van der Waals surface area contributed by atoms with Crippen molar-refractivity contribution >= 4 is 27.7 Å². The van der Waals surface area contributed by atoms with Crippen molar-refractivity contribution in [3.63, 3.8) is 0 Å². The molecule has 0 spiro atoms. The van der Waals surface area contributed by atoms with E-state index in [4.69, 9.17) is 0 Å². The van der Waals surface area contributed by atoms with Gasteiger partial charge in [-0.2, -0.15) is 0 Å². The van der Waals surface area contributed by atoms with Gasteiger partial charge in [0, 0.05) is 21.2 Å². The molecule has 0 saturated carbocycles. The number of benzene rings is 1. The Labute approximate surface area is 105 Å². The van der Waals surface area contributed by atoms with Crippen molar-refractivity contribution in [2.75, 3.05) is 12.8 Å². The summed E-state index contributed by atoms with van der Waals surface area (Å²) in [6, 6.07) is 9.01. The molecule has 0 aromatic heterocycles. The van der Waals surface area contributed by atoms with Crippen LogP contribution in [0.5, 0.6) is 0 Å². The van der Waals surface area contributed by atoms with Crippen molar-refractivity contribution in [1.82, 2.24) is 5.32 Å². The lowest BCUT2D eigenvalue weighted by Gasteiger charge is -2.14. The standard InChI is InChI=1S/C12H18BrNS/c1-3-6-10(14-2)9-15-12-8-5-4-7-11(12)13/h4-5,7-8,10,14H,3,6,9H2,1-2H3. The second-order valence-electron chi connectivity index (χ2n) is 3.52. The van der Waals surface area contributed by atoms with Crippen molar-refractivity contribution in [3.8, 4) is 0 Å². The molecule has 0 bridgehead atoms. The quantitative estimate of drug-likeness (QED) is 0.796. The van der Waals surface area contributed by atoms with Crippen LogP contribution >= 0.6 is 27.7 Å². The second kappa shape index (κ2) is 7.31. The van der Waals surface area contributed by atoms with Crippen LogP contribution in [0.1, 0.15) is 19.8 Å². The third-order valence-electron chi connectivity index (χ3n) is 2.32. The minimum Gasteiger partial charge on any atom is -0.316 e. The SMILES string of the molecule is CCCC(CSc1ccccc1Br)NC. The van der Waals surface area contributed by atoms with Gasteiger partial charge >= 0.3 is 0 Å².